The topological polar surface area (TPSA) is 49.4 Å². The second-order valence-corrected chi connectivity index (χ2v) is 6.93. The first kappa shape index (κ1) is 16.0. The van der Waals surface area contributed by atoms with Gasteiger partial charge in [-0.3, -0.25) is 9.59 Å². The molecule has 1 heterocycles. The van der Waals surface area contributed by atoms with Crippen LogP contribution in [-0.4, -0.2) is 24.4 Å². The summed E-state index contributed by atoms with van der Waals surface area (Å²) in [5.41, 5.74) is 1.94. The van der Waals surface area contributed by atoms with Crippen LogP contribution >= 0.6 is 0 Å². The highest BCUT2D eigenvalue weighted by Gasteiger charge is 2.23. The van der Waals surface area contributed by atoms with Gasteiger partial charge >= 0.3 is 0 Å². The summed E-state index contributed by atoms with van der Waals surface area (Å²) in [5.74, 6) is 0.881. The van der Waals surface area contributed by atoms with Crippen molar-refractivity contribution < 1.29 is 9.59 Å². The number of carbonyl (C=O) groups is 2. The molecule has 3 rings (SSSR count). The molecular formula is C19H26N2O2. The average molecular weight is 314 g/mol. The lowest BCUT2D eigenvalue weighted by Crippen LogP contribution is -2.41. The molecule has 2 amide bonds. The van der Waals surface area contributed by atoms with Crippen LogP contribution in [0.2, 0.25) is 0 Å². The van der Waals surface area contributed by atoms with Crippen LogP contribution in [0.1, 0.15) is 51.0 Å². The van der Waals surface area contributed by atoms with Crippen LogP contribution in [0.5, 0.6) is 0 Å². The maximum absolute atomic E-state index is 12.2. The number of benzene rings is 1. The molecule has 0 unspecified atom stereocenters. The fourth-order valence-corrected chi connectivity index (χ4v) is 3.69. The van der Waals surface area contributed by atoms with Gasteiger partial charge in [0.1, 0.15) is 0 Å². The molecule has 0 radical (unpaired) electrons. The first-order valence-corrected chi connectivity index (χ1v) is 8.82. The lowest BCUT2D eigenvalue weighted by Gasteiger charge is -2.29. The van der Waals surface area contributed by atoms with E-state index < -0.39 is 0 Å². The smallest absolute Gasteiger partial charge is 0.227 e. The summed E-state index contributed by atoms with van der Waals surface area (Å²) in [6.45, 7) is 3.03. The minimum absolute atomic E-state index is 0.105. The Morgan fingerprint density at radius 3 is 2.57 bits per heavy atom. The summed E-state index contributed by atoms with van der Waals surface area (Å²) in [6, 6.07) is 8.16. The van der Waals surface area contributed by atoms with Crippen LogP contribution in [-0.2, 0) is 16.0 Å². The van der Waals surface area contributed by atoms with Gasteiger partial charge in [-0.15, -0.1) is 0 Å². The molecule has 1 aromatic carbocycles. The van der Waals surface area contributed by atoms with Crippen molar-refractivity contribution >= 4 is 17.5 Å². The standard InChI is InChI=1S/C19H26N2O2/c1-14-5-2-3-6-17(14)20-18(22)13-15-8-10-16(11-9-15)21-12-4-7-19(21)23/h8-11,14,17H,2-7,12-13H2,1H3,(H,20,22)/t14-,17+/m1/s1. The predicted molar refractivity (Wildman–Crippen MR) is 91.3 cm³/mol. The van der Waals surface area contributed by atoms with E-state index in [-0.39, 0.29) is 11.8 Å². The zero-order valence-electron chi connectivity index (χ0n) is 13.9. The Bertz CT molecular complexity index is 567. The van der Waals surface area contributed by atoms with Gasteiger partial charge in [0.25, 0.3) is 0 Å². The Morgan fingerprint density at radius 1 is 1.17 bits per heavy atom. The van der Waals surface area contributed by atoms with Crippen molar-refractivity contribution in [3.63, 3.8) is 0 Å². The molecule has 0 spiro atoms. The minimum atomic E-state index is 0.105. The zero-order valence-corrected chi connectivity index (χ0v) is 13.9. The van der Waals surface area contributed by atoms with Gasteiger partial charge in [0.15, 0.2) is 0 Å². The molecule has 1 N–H and O–H groups in total. The fraction of sp³-hybridized carbons (Fsp3) is 0.579. The Kier molecular flexibility index (Phi) is 4.99. The highest BCUT2D eigenvalue weighted by Crippen LogP contribution is 2.24. The molecule has 1 saturated carbocycles. The van der Waals surface area contributed by atoms with Crippen molar-refractivity contribution in [2.75, 3.05) is 11.4 Å². The monoisotopic (exact) mass is 314 g/mol. The van der Waals surface area contributed by atoms with Gasteiger partial charge in [-0.2, -0.15) is 0 Å². The zero-order chi connectivity index (χ0) is 16.2. The van der Waals surface area contributed by atoms with Gasteiger partial charge in [0, 0.05) is 24.7 Å². The third-order valence-electron chi connectivity index (χ3n) is 5.14. The number of hydrogen-bond donors (Lipinski definition) is 1. The van der Waals surface area contributed by atoms with E-state index in [0.717, 1.165) is 30.6 Å². The Balaban J connectivity index is 1.55. The Morgan fingerprint density at radius 2 is 1.91 bits per heavy atom. The lowest BCUT2D eigenvalue weighted by molar-refractivity contribution is -0.121. The van der Waals surface area contributed by atoms with Crippen molar-refractivity contribution in [2.45, 2.75) is 57.9 Å². The van der Waals surface area contributed by atoms with Gasteiger partial charge in [0.05, 0.1) is 6.42 Å². The molecule has 0 aromatic heterocycles. The third kappa shape index (κ3) is 3.92. The summed E-state index contributed by atoms with van der Waals surface area (Å²) in [7, 11) is 0. The molecule has 1 aliphatic heterocycles. The molecule has 124 valence electrons. The normalized spacial score (nSPS) is 24.7. The molecule has 0 bridgehead atoms. The summed E-state index contributed by atoms with van der Waals surface area (Å²) in [6.07, 6.45) is 6.80. The van der Waals surface area contributed by atoms with E-state index in [1.54, 1.807) is 0 Å². The van der Waals surface area contributed by atoms with Crippen LogP contribution in [0.15, 0.2) is 24.3 Å². The first-order chi connectivity index (χ1) is 11.1. The van der Waals surface area contributed by atoms with E-state index in [4.69, 9.17) is 0 Å². The SMILES string of the molecule is C[C@@H]1CCCC[C@@H]1NC(=O)Cc1ccc(N2CCCC2=O)cc1. The van der Waals surface area contributed by atoms with Crippen molar-refractivity contribution in [1.29, 1.82) is 0 Å². The number of amides is 2. The minimum Gasteiger partial charge on any atom is -0.353 e. The maximum atomic E-state index is 12.2. The van der Waals surface area contributed by atoms with Gasteiger partial charge in [0.2, 0.25) is 11.8 Å². The summed E-state index contributed by atoms with van der Waals surface area (Å²) in [5, 5.41) is 3.19. The van der Waals surface area contributed by atoms with Gasteiger partial charge < -0.3 is 10.2 Å². The van der Waals surface area contributed by atoms with Crippen LogP contribution < -0.4 is 10.2 Å². The second-order valence-electron chi connectivity index (χ2n) is 6.93. The quantitative estimate of drug-likeness (QED) is 0.928. The third-order valence-corrected chi connectivity index (χ3v) is 5.14. The number of anilines is 1. The number of rotatable bonds is 4. The van der Waals surface area contributed by atoms with E-state index >= 15 is 0 Å². The molecule has 23 heavy (non-hydrogen) atoms. The molecule has 1 saturated heterocycles. The summed E-state index contributed by atoms with van der Waals surface area (Å²) in [4.78, 5) is 25.8. The maximum Gasteiger partial charge on any atom is 0.227 e. The molecule has 4 nitrogen and oxygen atoms in total. The van der Waals surface area contributed by atoms with Crippen LogP contribution in [0, 0.1) is 5.92 Å². The molecular weight excluding hydrogens is 288 g/mol. The van der Waals surface area contributed by atoms with Crippen molar-refractivity contribution in [1.82, 2.24) is 5.32 Å². The van der Waals surface area contributed by atoms with Crippen molar-refractivity contribution in [3.8, 4) is 0 Å². The van der Waals surface area contributed by atoms with Crippen molar-refractivity contribution in [2.24, 2.45) is 5.92 Å². The molecule has 1 aliphatic carbocycles. The molecule has 4 heteroatoms. The van der Waals surface area contributed by atoms with E-state index in [1.165, 1.54) is 19.3 Å². The molecule has 1 aromatic rings. The van der Waals surface area contributed by atoms with E-state index in [1.807, 2.05) is 29.2 Å². The summed E-state index contributed by atoms with van der Waals surface area (Å²) < 4.78 is 0. The van der Waals surface area contributed by atoms with Gasteiger partial charge in [-0.1, -0.05) is 31.9 Å². The highest BCUT2D eigenvalue weighted by atomic mass is 16.2. The Hall–Kier alpha value is -1.84. The largest absolute Gasteiger partial charge is 0.353 e. The van der Waals surface area contributed by atoms with Crippen LogP contribution in [0.3, 0.4) is 0 Å². The van der Waals surface area contributed by atoms with Gasteiger partial charge in [-0.05, 0) is 42.9 Å². The number of hydrogen-bond acceptors (Lipinski definition) is 2. The molecule has 2 fully saturated rings. The first-order valence-electron chi connectivity index (χ1n) is 8.82. The number of carbonyl (C=O) groups excluding carboxylic acids is 2. The van der Waals surface area contributed by atoms with E-state index in [9.17, 15) is 9.59 Å². The van der Waals surface area contributed by atoms with E-state index in [2.05, 4.69) is 12.2 Å². The molecule has 2 atom stereocenters. The van der Waals surface area contributed by atoms with Crippen molar-refractivity contribution in [3.05, 3.63) is 29.8 Å². The number of nitrogens with one attached hydrogen (secondary N) is 1. The second kappa shape index (κ2) is 7.16. The van der Waals surface area contributed by atoms with E-state index in [0.29, 0.717) is 24.8 Å². The molecule has 2 aliphatic rings. The Labute approximate surface area is 138 Å². The highest BCUT2D eigenvalue weighted by molar-refractivity contribution is 5.95. The summed E-state index contributed by atoms with van der Waals surface area (Å²) >= 11 is 0. The lowest BCUT2D eigenvalue weighted by atomic mass is 9.86. The predicted octanol–water partition coefficient (Wildman–Crippen LogP) is 3.05. The fourth-order valence-electron chi connectivity index (χ4n) is 3.69. The van der Waals surface area contributed by atoms with Crippen LogP contribution in [0.25, 0.3) is 0 Å². The average Bonchev–Trinajstić information content (AvgIpc) is 2.96. The van der Waals surface area contributed by atoms with Crippen LogP contribution in [0.4, 0.5) is 5.69 Å². The number of nitrogens with zero attached hydrogens (tertiary/aromatic N) is 1. The van der Waals surface area contributed by atoms with Gasteiger partial charge in [-0.25, -0.2) is 0 Å².